The zero-order chi connectivity index (χ0) is 40.1. The second-order valence-electron chi connectivity index (χ2n) is 16.5. The van der Waals surface area contributed by atoms with Gasteiger partial charge in [0.25, 0.3) is 0 Å². The molecule has 2 amide bonds. The number of carbonyl (C=O) groups is 4. The number of unbranched alkanes of at least 4 members (excludes halogenated alkanes) is 4. The minimum absolute atomic E-state index is 0.0521. The average molecular weight is 886 g/mol. The van der Waals surface area contributed by atoms with E-state index in [2.05, 4.69) is 47.1 Å². The van der Waals surface area contributed by atoms with Crippen molar-refractivity contribution in [2.75, 3.05) is 6.61 Å². The number of fused-ring (bicyclic) bond motifs is 4. The molecular formula is C40H60IN3O11. The first-order valence-electron chi connectivity index (χ1n) is 19.9. The van der Waals surface area contributed by atoms with Gasteiger partial charge in [-0.3, -0.25) is 24.0 Å². The van der Waals surface area contributed by atoms with Crippen molar-refractivity contribution in [2.45, 2.75) is 179 Å². The highest BCUT2D eigenvalue weighted by Crippen LogP contribution is 2.58. The van der Waals surface area contributed by atoms with Crippen LogP contribution in [0, 0.1) is 8.99 Å². The van der Waals surface area contributed by atoms with Crippen LogP contribution >= 0.6 is 22.6 Å². The average Bonchev–Trinajstić information content (AvgIpc) is 3.66. The van der Waals surface area contributed by atoms with Crippen molar-refractivity contribution in [2.24, 2.45) is 5.41 Å². The van der Waals surface area contributed by atoms with Crippen LogP contribution in [0.15, 0.2) is 24.3 Å². The van der Waals surface area contributed by atoms with Gasteiger partial charge < -0.3 is 39.8 Å². The molecule has 9 atom stereocenters. The summed E-state index contributed by atoms with van der Waals surface area (Å²) in [6.45, 7) is 10.5. The molecule has 4 aliphatic rings. The summed E-state index contributed by atoms with van der Waals surface area (Å²) in [7, 11) is 0. The zero-order valence-electron chi connectivity index (χ0n) is 33.0. The minimum Gasteiger partial charge on any atom is -0.460 e. The first kappa shape index (κ1) is 43.7. The fourth-order valence-electron chi connectivity index (χ4n) is 8.38. The Kier molecular flexibility index (Phi) is 14.7. The first-order chi connectivity index (χ1) is 26.1. The predicted molar refractivity (Wildman–Crippen MR) is 209 cm³/mol. The lowest BCUT2D eigenvalue weighted by Crippen LogP contribution is -2.71. The molecule has 308 valence electrons. The van der Waals surface area contributed by atoms with Crippen LogP contribution in [-0.4, -0.2) is 106 Å². The molecule has 14 nitrogen and oxygen atoms in total. The summed E-state index contributed by atoms with van der Waals surface area (Å²) >= 11 is 2.21. The molecule has 0 spiro atoms. The predicted octanol–water partition coefficient (Wildman–Crippen LogP) is 4.20. The summed E-state index contributed by atoms with van der Waals surface area (Å²) in [6.07, 6.45) is 2.50. The lowest BCUT2D eigenvalue weighted by atomic mass is 9.62. The Morgan fingerprint density at radius 2 is 1.73 bits per heavy atom. The van der Waals surface area contributed by atoms with Gasteiger partial charge in [0.05, 0.1) is 25.3 Å². The maximum atomic E-state index is 15.0. The normalized spacial score (nSPS) is 28.5. The van der Waals surface area contributed by atoms with Crippen LogP contribution in [0.4, 0.5) is 0 Å². The van der Waals surface area contributed by atoms with Crippen LogP contribution in [0.3, 0.4) is 0 Å². The van der Waals surface area contributed by atoms with Gasteiger partial charge in [0, 0.05) is 29.3 Å². The Morgan fingerprint density at radius 3 is 2.33 bits per heavy atom. The number of nitrogens with one attached hydrogen (secondary N) is 2. The van der Waals surface area contributed by atoms with Crippen LogP contribution in [0.5, 0.6) is 0 Å². The lowest BCUT2D eigenvalue weighted by molar-refractivity contribution is -0.224. The van der Waals surface area contributed by atoms with E-state index in [0.717, 1.165) is 47.7 Å². The van der Waals surface area contributed by atoms with Gasteiger partial charge in [0.2, 0.25) is 11.8 Å². The van der Waals surface area contributed by atoms with E-state index in [4.69, 9.17) is 23.8 Å². The SMILES string of the molecule is CCCCCC1(CCCCC)OC2C3CC4(C(=O)NC(C(=O)NC(CO)CCC(=O)OC(C)(C)C)C(C)O)C(ON(Cc5cccc(I)c5)C4C(=O)O3)C2O1. The molecule has 2 bridgehead atoms. The molecule has 55 heavy (non-hydrogen) atoms. The molecular weight excluding hydrogens is 825 g/mol. The highest BCUT2D eigenvalue weighted by Gasteiger charge is 2.76. The van der Waals surface area contributed by atoms with E-state index >= 15 is 0 Å². The maximum absolute atomic E-state index is 15.0. The van der Waals surface area contributed by atoms with Gasteiger partial charge in [0.1, 0.15) is 41.5 Å². The number of hydrogen-bond acceptors (Lipinski definition) is 12. The van der Waals surface area contributed by atoms with Crippen LogP contribution in [0.25, 0.3) is 0 Å². The Morgan fingerprint density at radius 1 is 1.05 bits per heavy atom. The van der Waals surface area contributed by atoms with Crippen LogP contribution in [0.2, 0.25) is 0 Å². The van der Waals surface area contributed by atoms with Crippen LogP contribution in [0.1, 0.15) is 118 Å². The molecule has 3 saturated heterocycles. The van der Waals surface area contributed by atoms with Gasteiger partial charge in [-0.05, 0) is 87.2 Å². The van der Waals surface area contributed by atoms with Crippen LogP contribution in [-0.2, 0) is 49.5 Å². The highest BCUT2D eigenvalue weighted by molar-refractivity contribution is 14.1. The van der Waals surface area contributed by atoms with Gasteiger partial charge in [-0.1, -0.05) is 51.7 Å². The number of rotatable bonds is 19. The standard InChI is InChI=1S/C40H60IN3O11/c1-7-9-11-18-39(19-12-10-8-2)53-31-28-21-40(33(36(49)51-28)44(55-34(40)32(31)54-39)22-25-14-13-15-26(41)20-25)37(50)43-30(24(3)46)35(48)42-27(23-45)16-17-29(47)52-38(4,5)6/h13-15,20,24,27-28,30-34,45-46H,7-12,16-19,21-23H2,1-6H3,(H,42,48)(H,43,50). The second kappa shape index (κ2) is 18.5. The van der Waals surface area contributed by atoms with E-state index in [1.807, 2.05) is 24.3 Å². The quantitative estimate of drug-likeness (QED) is 0.0885. The number of aliphatic hydroxyl groups is 2. The number of ether oxygens (including phenoxy) is 4. The fraction of sp³-hybridized carbons (Fsp3) is 0.750. The van der Waals surface area contributed by atoms with Crippen molar-refractivity contribution in [3.8, 4) is 0 Å². The molecule has 3 aliphatic heterocycles. The van der Waals surface area contributed by atoms with Gasteiger partial charge >= 0.3 is 11.9 Å². The molecule has 4 fully saturated rings. The number of benzene rings is 1. The molecule has 3 heterocycles. The van der Waals surface area contributed by atoms with Gasteiger partial charge in [0.15, 0.2) is 11.8 Å². The van der Waals surface area contributed by atoms with E-state index in [1.165, 1.54) is 12.0 Å². The maximum Gasteiger partial charge on any atom is 0.327 e. The van der Waals surface area contributed by atoms with E-state index in [9.17, 15) is 29.4 Å². The number of hydroxylamine groups is 2. The number of halogens is 1. The largest absolute Gasteiger partial charge is 0.460 e. The van der Waals surface area contributed by atoms with Gasteiger partial charge in [-0.15, -0.1) is 0 Å². The number of carbonyl (C=O) groups excluding carboxylic acids is 4. The van der Waals surface area contributed by atoms with Crippen molar-refractivity contribution >= 4 is 46.3 Å². The lowest BCUT2D eigenvalue weighted by Gasteiger charge is -2.49. The van der Waals surface area contributed by atoms with E-state index in [0.29, 0.717) is 12.8 Å². The number of esters is 2. The fourth-order valence-corrected chi connectivity index (χ4v) is 8.99. The van der Waals surface area contributed by atoms with Crippen molar-refractivity contribution in [3.63, 3.8) is 0 Å². The van der Waals surface area contributed by atoms with Crippen molar-refractivity contribution in [1.29, 1.82) is 0 Å². The Balaban J connectivity index is 1.44. The smallest absolute Gasteiger partial charge is 0.327 e. The van der Waals surface area contributed by atoms with E-state index < -0.39 is 95.8 Å². The molecule has 4 N–H and O–H groups in total. The summed E-state index contributed by atoms with van der Waals surface area (Å²) in [6, 6.07) is 4.21. The number of nitrogens with zero attached hydrogens (tertiary/aromatic N) is 1. The molecule has 1 aromatic carbocycles. The van der Waals surface area contributed by atoms with Crippen LogP contribution < -0.4 is 10.6 Å². The van der Waals surface area contributed by atoms with E-state index in [-0.39, 0.29) is 25.8 Å². The van der Waals surface area contributed by atoms with Gasteiger partial charge in [-0.25, -0.2) is 0 Å². The monoisotopic (exact) mass is 885 g/mol. The molecule has 15 heteroatoms. The summed E-state index contributed by atoms with van der Waals surface area (Å²) in [5.41, 5.74) is -1.41. The number of hydrogen-bond donors (Lipinski definition) is 4. The Hall–Kier alpha value is -2.41. The van der Waals surface area contributed by atoms with Crippen molar-refractivity contribution < 1.29 is 53.2 Å². The Labute approximate surface area is 338 Å². The molecule has 0 aromatic heterocycles. The van der Waals surface area contributed by atoms with E-state index in [1.54, 1.807) is 20.8 Å². The number of aliphatic hydroxyl groups excluding tert-OH is 2. The summed E-state index contributed by atoms with van der Waals surface area (Å²) < 4.78 is 26.2. The first-order valence-corrected chi connectivity index (χ1v) is 21.0. The second-order valence-corrected chi connectivity index (χ2v) is 17.8. The third-order valence-corrected chi connectivity index (χ3v) is 11.6. The molecule has 9 unspecified atom stereocenters. The molecule has 1 aliphatic carbocycles. The topological polar surface area (TPSA) is 182 Å². The highest BCUT2D eigenvalue weighted by atomic mass is 127. The molecule has 1 saturated carbocycles. The summed E-state index contributed by atoms with van der Waals surface area (Å²) in [5, 5.41) is 27.9. The number of amides is 2. The third kappa shape index (κ3) is 10.0. The molecule has 0 radical (unpaired) electrons. The molecule has 1 aromatic rings. The summed E-state index contributed by atoms with van der Waals surface area (Å²) in [4.78, 5) is 61.9. The molecule has 5 rings (SSSR count). The van der Waals surface area contributed by atoms with Gasteiger partial charge in [-0.2, -0.15) is 5.06 Å². The van der Waals surface area contributed by atoms with Crippen molar-refractivity contribution in [3.05, 3.63) is 33.4 Å². The Bertz CT molecular complexity index is 1510. The summed E-state index contributed by atoms with van der Waals surface area (Å²) in [5.74, 6) is -3.50. The zero-order valence-corrected chi connectivity index (χ0v) is 35.2. The minimum atomic E-state index is -1.57. The van der Waals surface area contributed by atoms with Crippen molar-refractivity contribution in [1.82, 2.24) is 15.7 Å². The third-order valence-electron chi connectivity index (χ3n) is 11.0.